The highest BCUT2D eigenvalue weighted by atomic mass is 127. The molecule has 0 saturated heterocycles. The average Bonchev–Trinajstić information content (AvgIpc) is 3.05. The van der Waals surface area contributed by atoms with Gasteiger partial charge in [0.15, 0.2) is 5.96 Å². The van der Waals surface area contributed by atoms with Crippen LogP contribution in [0.2, 0.25) is 0 Å². The molecule has 0 atom stereocenters. The summed E-state index contributed by atoms with van der Waals surface area (Å²) in [6, 6.07) is 7.17. The number of benzene rings is 1. The Bertz CT molecular complexity index is 668. The maximum Gasteiger partial charge on any atom is 0.243 e. The van der Waals surface area contributed by atoms with Crippen LogP contribution in [0.4, 0.5) is 0 Å². The standard InChI is InChI=1S/C17H28N4O2S.HI/c1-13(2)21(3)24(22,23)16-10-8-14(9-11-16)12-19-17(18)20-15-6-4-5-7-15;/h8-11,13,15H,4-7,12H2,1-3H3,(H3,18,19,20);1H. The quantitative estimate of drug-likeness (QED) is 0.373. The molecular formula is C17H29IN4O2S. The molecule has 25 heavy (non-hydrogen) atoms. The minimum atomic E-state index is -3.44. The molecule has 2 rings (SSSR count). The van der Waals surface area contributed by atoms with E-state index in [2.05, 4.69) is 10.3 Å². The summed E-state index contributed by atoms with van der Waals surface area (Å²) >= 11 is 0. The largest absolute Gasteiger partial charge is 0.370 e. The van der Waals surface area contributed by atoms with E-state index >= 15 is 0 Å². The molecule has 1 fully saturated rings. The van der Waals surface area contributed by atoms with E-state index in [1.54, 1.807) is 31.3 Å². The normalized spacial score (nSPS) is 16.3. The second-order valence-electron chi connectivity index (χ2n) is 6.59. The molecule has 0 aliphatic heterocycles. The van der Waals surface area contributed by atoms with E-state index in [-0.39, 0.29) is 30.0 Å². The molecule has 0 bridgehead atoms. The number of nitrogens with one attached hydrogen (secondary N) is 1. The summed E-state index contributed by atoms with van der Waals surface area (Å²) in [7, 11) is -1.85. The van der Waals surface area contributed by atoms with Crippen molar-refractivity contribution in [2.24, 2.45) is 10.7 Å². The number of rotatable bonds is 6. The fourth-order valence-electron chi connectivity index (χ4n) is 2.71. The Balaban J connectivity index is 0.00000312. The Labute approximate surface area is 168 Å². The molecule has 1 aromatic rings. The lowest BCUT2D eigenvalue weighted by atomic mass is 10.2. The molecule has 142 valence electrons. The van der Waals surface area contributed by atoms with E-state index in [0.717, 1.165) is 18.4 Å². The molecule has 1 aliphatic rings. The molecule has 0 spiro atoms. The first kappa shape index (κ1) is 22.2. The third-order valence-electron chi connectivity index (χ3n) is 4.47. The molecule has 1 aromatic carbocycles. The number of sulfonamides is 1. The SMILES string of the molecule is CC(C)N(C)S(=O)(=O)c1ccc(CN=C(N)NC2CCCC2)cc1.I. The van der Waals surface area contributed by atoms with Crippen LogP contribution in [0.5, 0.6) is 0 Å². The van der Waals surface area contributed by atoms with Crippen molar-refractivity contribution in [3.63, 3.8) is 0 Å². The average molecular weight is 480 g/mol. The van der Waals surface area contributed by atoms with E-state index in [4.69, 9.17) is 5.73 Å². The van der Waals surface area contributed by atoms with E-state index in [1.165, 1.54) is 17.1 Å². The van der Waals surface area contributed by atoms with Crippen molar-refractivity contribution >= 4 is 40.0 Å². The number of hydrogen-bond acceptors (Lipinski definition) is 3. The number of hydrogen-bond donors (Lipinski definition) is 2. The van der Waals surface area contributed by atoms with Gasteiger partial charge in [-0.1, -0.05) is 25.0 Å². The van der Waals surface area contributed by atoms with Gasteiger partial charge in [0, 0.05) is 19.1 Å². The topological polar surface area (TPSA) is 87.8 Å². The fraction of sp³-hybridized carbons (Fsp3) is 0.588. The number of nitrogens with two attached hydrogens (primary N) is 1. The third-order valence-corrected chi connectivity index (χ3v) is 6.51. The molecule has 8 heteroatoms. The summed E-state index contributed by atoms with van der Waals surface area (Å²) in [6.07, 6.45) is 4.77. The van der Waals surface area contributed by atoms with Crippen LogP contribution in [0, 0.1) is 0 Å². The van der Waals surface area contributed by atoms with Gasteiger partial charge < -0.3 is 11.1 Å². The predicted octanol–water partition coefficient (Wildman–Crippen LogP) is 2.68. The van der Waals surface area contributed by atoms with Gasteiger partial charge >= 0.3 is 0 Å². The van der Waals surface area contributed by atoms with Crippen LogP contribution in [-0.2, 0) is 16.6 Å². The highest BCUT2D eigenvalue weighted by molar-refractivity contribution is 14.0. The molecular weight excluding hydrogens is 451 g/mol. The van der Waals surface area contributed by atoms with Gasteiger partial charge in [-0.3, -0.25) is 0 Å². The van der Waals surface area contributed by atoms with Crippen molar-refractivity contribution < 1.29 is 8.42 Å². The van der Waals surface area contributed by atoms with Crippen LogP contribution in [0.15, 0.2) is 34.2 Å². The minimum Gasteiger partial charge on any atom is -0.370 e. The first-order valence-corrected chi connectivity index (χ1v) is 9.88. The summed E-state index contributed by atoms with van der Waals surface area (Å²) in [5, 5.41) is 3.24. The highest BCUT2D eigenvalue weighted by Crippen LogP contribution is 2.18. The zero-order valence-corrected chi connectivity index (χ0v) is 18.3. The first-order valence-electron chi connectivity index (χ1n) is 8.44. The van der Waals surface area contributed by atoms with Crippen LogP contribution in [0.1, 0.15) is 45.1 Å². The van der Waals surface area contributed by atoms with Crippen molar-refractivity contribution in [2.45, 2.75) is 63.1 Å². The Morgan fingerprint density at radius 2 is 1.84 bits per heavy atom. The molecule has 0 aromatic heterocycles. The van der Waals surface area contributed by atoms with Crippen LogP contribution in [0.3, 0.4) is 0 Å². The lowest BCUT2D eigenvalue weighted by Crippen LogP contribution is -2.38. The maximum atomic E-state index is 12.4. The minimum absolute atomic E-state index is 0. The molecule has 1 saturated carbocycles. The Hall–Kier alpha value is -0.870. The highest BCUT2D eigenvalue weighted by Gasteiger charge is 2.22. The fourth-order valence-corrected chi connectivity index (χ4v) is 4.08. The monoisotopic (exact) mass is 480 g/mol. The van der Waals surface area contributed by atoms with Gasteiger partial charge in [0.2, 0.25) is 10.0 Å². The van der Waals surface area contributed by atoms with Gasteiger partial charge in [-0.15, -0.1) is 24.0 Å². The van der Waals surface area contributed by atoms with Crippen LogP contribution >= 0.6 is 24.0 Å². The molecule has 3 N–H and O–H groups in total. The summed E-state index contributed by atoms with van der Waals surface area (Å²) in [4.78, 5) is 4.63. The van der Waals surface area contributed by atoms with Gasteiger partial charge in [-0.2, -0.15) is 4.31 Å². The number of halogens is 1. The van der Waals surface area contributed by atoms with Gasteiger partial charge in [0.1, 0.15) is 0 Å². The van der Waals surface area contributed by atoms with Crippen molar-refractivity contribution in [1.82, 2.24) is 9.62 Å². The van der Waals surface area contributed by atoms with E-state index < -0.39 is 10.0 Å². The second kappa shape index (κ2) is 9.72. The Kier molecular flexibility index (Phi) is 8.62. The Morgan fingerprint density at radius 1 is 1.28 bits per heavy atom. The third kappa shape index (κ3) is 6.10. The summed E-state index contributed by atoms with van der Waals surface area (Å²) in [6.45, 7) is 4.13. The van der Waals surface area contributed by atoms with Crippen LogP contribution in [-0.4, -0.2) is 37.8 Å². The summed E-state index contributed by atoms with van der Waals surface area (Å²) in [5.74, 6) is 0.457. The molecule has 6 nitrogen and oxygen atoms in total. The van der Waals surface area contributed by atoms with Crippen LogP contribution < -0.4 is 11.1 Å². The van der Waals surface area contributed by atoms with Gasteiger partial charge in [-0.05, 0) is 44.4 Å². The lowest BCUT2D eigenvalue weighted by molar-refractivity contribution is 0.410. The van der Waals surface area contributed by atoms with Gasteiger partial charge in [0.25, 0.3) is 0 Å². The number of aliphatic imine (C=N–C) groups is 1. The molecule has 0 amide bonds. The summed E-state index contributed by atoms with van der Waals surface area (Å²) < 4.78 is 26.2. The Morgan fingerprint density at radius 3 is 2.36 bits per heavy atom. The number of guanidine groups is 1. The predicted molar refractivity (Wildman–Crippen MR) is 113 cm³/mol. The van der Waals surface area contributed by atoms with Gasteiger partial charge in [0.05, 0.1) is 11.4 Å². The molecule has 0 heterocycles. The van der Waals surface area contributed by atoms with Crippen molar-refractivity contribution in [2.75, 3.05) is 7.05 Å². The zero-order chi connectivity index (χ0) is 17.7. The maximum absolute atomic E-state index is 12.4. The molecule has 1 aliphatic carbocycles. The van der Waals surface area contributed by atoms with E-state index in [1.807, 2.05) is 13.8 Å². The smallest absolute Gasteiger partial charge is 0.243 e. The van der Waals surface area contributed by atoms with Crippen LogP contribution in [0.25, 0.3) is 0 Å². The number of nitrogens with zero attached hydrogens (tertiary/aromatic N) is 2. The molecule has 0 radical (unpaired) electrons. The van der Waals surface area contributed by atoms with Gasteiger partial charge in [-0.25, -0.2) is 13.4 Å². The summed E-state index contributed by atoms with van der Waals surface area (Å²) in [5.41, 5.74) is 6.84. The van der Waals surface area contributed by atoms with Crippen molar-refractivity contribution in [1.29, 1.82) is 0 Å². The van der Waals surface area contributed by atoms with Crippen molar-refractivity contribution in [3.05, 3.63) is 29.8 Å². The second-order valence-corrected chi connectivity index (χ2v) is 8.58. The lowest BCUT2D eigenvalue weighted by Gasteiger charge is -2.21. The molecule has 0 unspecified atom stereocenters. The van der Waals surface area contributed by atoms with Crippen molar-refractivity contribution in [3.8, 4) is 0 Å². The van der Waals surface area contributed by atoms with E-state index in [9.17, 15) is 8.42 Å². The van der Waals surface area contributed by atoms with E-state index in [0.29, 0.717) is 23.4 Å². The first-order chi connectivity index (χ1) is 11.3. The zero-order valence-electron chi connectivity index (χ0n) is 15.1.